The zero-order chi connectivity index (χ0) is 17.0. The van der Waals surface area contributed by atoms with Crippen LogP contribution in [0.5, 0.6) is 0 Å². The zero-order valence-electron chi connectivity index (χ0n) is 13.7. The molecule has 1 N–H and O–H groups in total. The molecule has 7 heteroatoms. The molecular formula is C17H24N2O3S2. The van der Waals surface area contributed by atoms with E-state index in [1.54, 1.807) is 36.0 Å². The number of carbonyl (C=O) groups is 1. The van der Waals surface area contributed by atoms with Crippen molar-refractivity contribution in [3.63, 3.8) is 0 Å². The molecule has 3 rings (SSSR count). The molecule has 1 saturated carbocycles. The van der Waals surface area contributed by atoms with E-state index in [1.165, 1.54) is 30.0 Å². The van der Waals surface area contributed by atoms with E-state index in [2.05, 4.69) is 5.32 Å². The number of nitrogens with zero attached hydrogens (tertiary/aromatic N) is 1. The van der Waals surface area contributed by atoms with Crippen molar-refractivity contribution < 1.29 is 13.2 Å². The number of nitrogens with one attached hydrogen (secondary N) is 1. The maximum atomic E-state index is 12.6. The third kappa shape index (κ3) is 4.32. The van der Waals surface area contributed by atoms with Gasteiger partial charge < -0.3 is 5.32 Å². The van der Waals surface area contributed by atoms with Gasteiger partial charge in [0.1, 0.15) is 0 Å². The first-order valence-corrected chi connectivity index (χ1v) is 11.1. The van der Waals surface area contributed by atoms with Crippen LogP contribution in [0.3, 0.4) is 0 Å². The van der Waals surface area contributed by atoms with Crippen LogP contribution in [0.1, 0.15) is 38.5 Å². The van der Waals surface area contributed by atoms with E-state index in [0.29, 0.717) is 29.8 Å². The van der Waals surface area contributed by atoms with Crippen molar-refractivity contribution in [3.8, 4) is 0 Å². The predicted molar refractivity (Wildman–Crippen MR) is 97.8 cm³/mol. The van der Waals surface area contributed by atoms with Gasteiger partial charge in [-0.15, -0.1) is 11.8 Å². The molecule has 2 fully saturated rings. The Hall–Kier alpha value is -1.05. The number of sulfonamides is 1. The first-order chi connectivity index (χ1) is 11.6. The summed E-state index contributed by atoms with van der Waals surface area (Å²) in [6, 6.07) is 6.58. The average Bonchev–Trinajstić information content (AvgIpc) is 3.27. The van der Waals surface area contributed by atoms with E-state index in [4.69, 9.17) is 0 Å². The molecule has 132 valence electrons. The van der Waals surface area contributed by atoms with Gasteiger partial charge in [0.15, 0.2) is 0 Å². The molecule has 0 atom stereocenters. The lowest BCUT2D eigenvalue weighted by atomic mass is 10.3. The Morgan fingerprint density at radius 3 is 2.58 bits per heavy atom. The molecule has 0 aromatic heterocycles. The minimum Gasteiger partial charge on any atom is -0.325 e. The van der Waals surface area contributed by atoms with Crippen molar-refractivity contribution in [2.24, 2.45) is 0 Å². The summed E-state index contributed by atoms with van der Waals surface area (Å²) < 4.78 is 26.7. The minimum atomic E-state index is -3.45. The smallest absolute Gasteiger partial charge is 0.243 e. The van der Waals surface area contributed by atoms with Gasteiger partial charge >= 0.3 is 0 Å². The molecule has 0 spiro atoms. The highest BCUT2D eigenvalue weighted by atomic mass is 32.2. The highest BCUT2D eigenvalue weighted by Gasteiger charge is 2.27. The van der Waals surface area contributed by atoms with Crippen molar-refractivity contribution in [2.45, 2.75) is 48.7 Å². The topological polar surface area (TPSA) is 66.5 Å². The van der Waals surface area contributed by atoms with Crippen LogP contribution in [0, 0.1) is 0 Å². The Labute approximate surface area is 148 Å². The fourth-order valence-electron chi connectivity index (χ4n) is 3.26. The van der Waals surface area contributed by atoms with E-state index < -0.39 is 10.0 Å². The molecule has 1 aromatic rings. The number of amides is 1. The van der Waals surface area contributed by atoms with Crippen LogP contribution in [0.2, 0.25) is 0 Å². The molecule has 1 aromatic carbocycles. The molecule has 1 aliphatic carbocycles. The second-order valence-corrected chi connectivity index (χ2v) is 9.63. The molecule has 1 aliphatic heterocycles. The van der Waals surface area contributed by atoms with Crippen molar-refractivity contribution in [1.29, 1.82) is 0 Å². The maximum Gasteiger partial charge on any atom is 0.243 e. The number of carbonyl (C=O) groups excluding carboxylic acids is 1. The lowest BCUT2D eigenvalue weighted by Crippen LogP contribution is -2.28. The second kappa shape index (κ2) is 7.89. The fourth-order valence-corrected chi connectivity index (χ4v) is 5.95. The van der Waals surface area contributed by atoms with Crippen LogP contribution in [-0.4, -0.2) is 42.7 Å². The summed E-state index contributed by atoms with van der Waals surface area (Å²) in [5, 5.41) is 3.42. The summed E-state index contributed by atoms with van der Waals surface area (Å²) in [6.45, 7) is 1.16. The lowest BCUT2D eigenvalue weighted by molar-refractivity contribution is -0.113. The maximum absolute atomic E-state index is 12.6. The number of rotatable bonds is 6. The number of hydrogen-bond acceptors (Lipinski definition) is 4. The van der Waals surface area contributed by atoms with Gasteiger partial charge in [0.2, 0.25) is 15.9 Å². The van der Waals surface area contributed by atoms with Crippen molar-refractivity contribution in [1.82, 2.24) is 4.31 Å². The van der Waals surface area contributed by atoms with E-state index >= 15 is 0 Å². The van der Waals surface area contributed by atoms with Crippen LogP contribution in [-0.2, 0) is 14.8 Å². The molecule has 0 bridgehead atoms. The van der Waals surface area contributed by atoms with Crippen LogP contribution < -0.4 is 5.32 Å². The Balaban J connectivity index is 1.61. The van der Waals surface area contributed by atoms with Crippen LogP contribution >= 0.6 is 11.8 Å². The molecule has 0 radical (unpaired) electrons. The summed E-state index contributed by atoms with van der Waals surface area (Å²) in [6.07, 6.45) is 6.73. The van der Waals surface area contributed by atoms with Crippen LogP contribution in [0.25, 0.3) is 0 Å². The predicted octanol–water partition coefficient (Wildman–Crippen LogP) is 3.09. The van der Waals surface area contributed by atoms with Gasteiger partial charge in [-0.2, -0.15) is 4.31 Å². The monoisotopic (exact) mass is 368 g/mol. The van der Waals surface area contributed by atoms with Crippen molar-refractivity contribution >= 4 is 33.4 Å². The summed E-state index contributed by atoms with van der Waals surface area (Å²) in [5.41, 5.74) is 0.548. The highest BCUT2D eigenvalue weighted by molar-refractivity contribution is 8.00. The molecular weight excluding hydrogens is 344 g/mol. The lowest BCUT2D eigenvalue weighted by Gasteiger charge is -2.16. The standard InChI is InChI=1S/C17H24N2O3S2/c20-17(13-23-15-7-1-2-8-15)18-14-6-5-9-16(12-14)24(21,22)19-10-3-4-11-19/h5-6,9,12,15H,1-4,7-8,10-11,13H2,(H,18,20). The van der Waals surface area contributed by atoms with Gasteiger partial charge in [0, 0.05) is 24.0 Å². The normalized spacial score (nSPS) is 19.7. The van der Waals surface area contributed by atoms with Gasteiger partial charge in [0.05, 0.1) is 10.6 Å². The first kappa shape index (κ1) is 17.8. The van der Waals surface area contributed by atoms with Gasteiger partial charge in [0.25, 0.3) is 0 Å². The van der Waals surface area contributed by atoms with Crippen LogP contribution in [0.15, 0.2) is 29.2 Å². The molecule has 2 aliphatic rings. The van der Waals surface area contributed by atoms with Gasteiger partial charge in [-0.1, -0.05) is 18.9 Å². The Morgan fingerprint density at radius 2 is 1.88 bits per heavy atom. The van der Waals surface area contributed by atoms with Crippen molar-refractivity contribution in [3.05, 3.63) is 24.3 Å². The van der Waals surface area contributed by atoms with E-state index in [1.807, 2.05) is 0 Å². The summed E-state index contributed by atoms with van der Waals surface area (Å²) in [4.78, 5) is 12.3. The fraction of sp³-hybridized carbons (Fsp3) is 0.588. The molecule has 24 heavy (non-hydrogen) atoms. The van der Waals surface area contributed by atoms with Gasteiger partial charge in [-0.05, 0) is 43.9 Å². The van der Waals surface area contributed by atoms with E-state index in [9.17, 15) is 13.2 Å². The van der Waals surface area contributed by atoms with E-state index in [0.717, 1.165) is 12.8 Å². The van der Waals surface area contributed by atoms with Gasteiger partial charge in [-0.25, -0.2) is 8.42 Å². The largest absolute Gasteiger partial charge is 0.325 e. The third-order valence-electron chi connectivity index (χ3n) is 4.57. The number of benzene rings is 1. The zero-order valence-corrected chi connectivity index (χ0v) is 15.4. The summed E-state index contributed by atoms with van der Waals surface area (Å²) in [7, 11) is -3.45. The molecule has 1 heterocycles. The Kier molecular flexibility index (Phi) is 5.84. The minimum absolute atomic E-state index is 0.0670. The first-order valence-electron chi connectivity index (χ1n) is 8.57. The number of thioether (sulfide) groups is 1. The SMILES string of the molecule is O=C(CSC1CCCC1)Nc1cccc(S(=O)(=O)N2CCCC2)c1. The quantitative estimate of drug-likeness (QED) is 0.838. The van der Waals surface area contributed by atoms with Crippen molar-refractivity contribution in [2.75, 3.05) is 24.2 Å². The Bertz CT molecular complexity index is 679. The molecule has 0 unspecified atom stereocenters. The number of anilines is 1. The number of hydrogen-bond donors (Lipinski definition) is 1. The molecule has 5 nitrogen and oxygen atoms in total. The second-order valence-electron chi connectivity index (χ2n) is 6.40. The van der Waals surface area contributed by atoms with Gasteiger partial charge in [-0.3, -0.25) is 4.79 Å². The molecule has 1 saturated heterocycles. The summed E-state index contributed by atoms with van der Waals surface area (Å²) >= 11 is 1.70. The molecule has 1 amide bonds. The average molecular weight is 369 g/mol. The van der Waals surface area contributed by atoms with Crippen LogP contribution in [0.4, 0.5) is 5.69 Å². The summed E-state index contributed by atoms with van der Waals surface area (Å²) in [5.74, 6) is 0.357. The third-order valence-corrected chi connectivity index (χ3v) is 7.84. The van der Waals surface area contributed by atoms with E-state index in [-0.39, 0.29) is 10.8 Å². The highest BCUT2D eigenvalue weighted by Crippen LogP contribution is 2.29. The Morgan fingerprint density at radius 1 is 1.17 bits per heavy atom.